The number of pyridine rings is 1. The van der Waals surface area contributed by atoms with Gasteiger partial charge < -0.3 is 20.4 Å². The second-order valence-electron chi connectivity index (χ2n) is 14.6. The van der Waals surface area contributed by atoms with Crippen molar-refractivity contribution < 1.29 is 18.0 Å². The lowest BCUT2D eigenvalue weighted by Crippen LogP contribution is -2.54. The van der Waals surface area contributed by atoms with Crippen molar-refractivity contribution in [2.75, 3.05) is 45.8 Å². The minimum Gasteiger partial charge on any atom is -0.447 e. The highest BCUT2D eigenvalue weighted by molar-refractivity contribution is 5.79. The van der Waals surface area contributed by atoms with Gasteiger partial charge in [0.1, 0.15) is 5.76 Å². The number of carbonyl (C=O) groups is 1. The molecule has 0 spiro atoms. The number of nitrogens with two attached hydrogens (primary N) is 1. The Morgan fingerprint density at radius 3 is 2.70 bits per heavy atom. The van der Waals surface area contributed by atoms with E-state index in [1.165, 1.54) is 24.1 Å². The molecule has 2 aromatic heterocycles. The van der Waals surface area contributed by atoms with Crippen LogP contribution in [0.2, 0.25) is 0 Å². The maximum atomic E-state index is 13.8. The van der Waals surface area contributed by atoms with Gasteiger partial charge >= 0.3 is 0 Å². The molecule has 0 radical (unpaired) electrons. The van der Waals surface area contributed by atoms with E-state index in [0.717, 1.165) is 95.7 Å². The van der Waals surface area contributed by atoms with Gasteiger partial charge in [0.25, 0.3) is 0 Å². The highest BCUT2D eigenvalue weighted by Crippen LogP contribution is 2.37. The van der Waals surface area contributed by atoms with Crippen LogP contribution < -0.4 is 11.1 Å². The van der Waals surface area contributed by atoms with E-state index in [2.05, 4.69) is 49.3 Å². The van der Waals surface area contributed by atoms with Gasteiger partial charge in [0.05, 0.1) is 30.5 Å². The zero-order valence-electron chi connectivity index (χ0n) is 29.4. The van der Waals surface area contributed by atoms with Crippen LogP contribution >= 0.6 is 0 Å². The van der Waals surface area contributed by atoms with E-state index < -0.39 is 5.92 Å². The van der Waals surface area contributed by atoms with Gasteiger partial charge in [-0.15, -0.1) is 0 Å². The van der Waals surface area contributed by atoms with Crippen molar-refractivity contribution in [2.45, 2.75) is 101 Å². The Bertz CT molecular complexity index is 1450. The number of hydrogen-bond acceptors (Lipinski definition) is 8. The standard InChI is InChI=1S/C39H55F2N7O2/c40-39(41)17-13-32(14-18-39)38(49)45-35(30-8-2-1-3-9-30)16-22-46-24-25-48(28-34-26-43-29-50-34)33(27-46)15-23-47(21-5-4-19-42)36-12-6-10-31-11-7-20-44-37(31)36/h1-3,7-9,11,20,26,29,32-33,35-36H,4-6,10,12-19,21-25,27-28,42H2,(H,45,49)/t33-,35-,36-/m0/s1. The number of oxazole rings is 1. The minimum atomic E-state index is -2.65. The summed E-state index contributed by atoms with van der Waals surface area (Å²) in [4.78, 5) is 30.1. The molecule has 0 bridgehead atoms. The van der Waals surface area contributed by atoms with Gasteiger partial charge in [-0.05, 0) is 88.1 Å². The normalized spacial score (nSPS) is 22.3. The number of benzene rings is 1. The van der Waals surface area contributed by atoms with Crippen LogP contribution in [0.1, 0.15) is 98.9 Å². The van der Waals surface area contributed by atoms with Gasteiger partial charge in [-0.25, -0.2) is 13.8 Å². The summed E-state index contributed by atoms with van der Waals surface area (Å²) in [5.74, 6) is -2.23. The molecule has 1 amide bonds. The Balaban J connectivity index is 1.12. The number of nitrogens with zero attached hydrogens (tertiary/aromatic N) is 5. The van der Waals surface area contributed by atoms with Crippen LogP contribution in [0.5, 0.6) is 0 Å². The van der Waals surface area contributed by atoms with Crippen LogP contribution in [0.25, 0.3) is 0 Å². The third kappa shape index (κ3) is 9.96. The number of fused-ring (bicyclic) bond motifs is 1. The molecule has 1 aliphatic heterocycles. The molecule has 272 valence electrons. The van der Waals surface area contributed by atoms with Gasteiger partial charge in [-0.3, -0.25) is 19.6 Å². The van der Waals surface area contributed by atoms with E-state index in [0.29, 0.717) is 18.6 Å². The molecule has 2 fully saturated rings. The molecule has 3 aromatic rings. The molecule has 1 saturated heterocycles. The fourth-order valence-electron chi connectivity index (χ4n) is 8.21. The monoisotopic (exact) mass is 691 g/mol. The van der Waals surface area contributed by atoms with Gasteiger partial charge in [0.15, 0.2) is 6.39 Å². The van der Waals surface area contributed by atoms with Crippen LogP contribution in [-0.2, 0) is 17.8 Å². The van der Waals surface area contributed by atoms with Gasteiger partial charge in [0, 0.05) is 63.7 Å². The van der Waals surface area contributed by atoms with E-state index in [4.69, 9.17) is 15.1 Å². The predicted octanol–water partition coefficient (Wildman–Crippen LogP) is 6.14. The largest absolute Gasteiger partial charge is 0.447 e. The molecule has 2 aliphatic carbocycles. The van der Waals surface area contributed by atoms with Crippen LogP contribution in [0, 0.1) is 5.92 Å². The molecule has 1 aromatic carbocycles. The van der Waals surface area contributed by atoms with Crippen LogP contribution in [0.4, 0.5) is 8.78 Å². The molecule has 9 nitrogen and oxygen atoms in total. The molecule has 3 heterocycles. The average Bonchev–Trinajstić information content (AvgIpc) is 3.65. The van der Waals surface area contributed by atoms with Crippen molar-refractivity contribution >= 4 is 5.91 Å². The molecular formula is C39H55F2N7O2. The average molecular weight is 692 g/mol. The van der Waals surface area contributed by atoms with Crippen molar-refractivity contribution in [1.82, 2.24) is 30.0 Å². The molecule has 11 heteroatoms. The molecule has 1 saturated carbocycles. The van der Waals surface area contributed by atoms with Crippen molar-refractivity contribution in [3.8, 4) is 0 Å². The Kier molecular flexibility index (Phi) is 13.0. The lowest BCUT2D eigenvalue weighted by molar-refractivity contribution is -0.130. The molecule has 0 unspecified atom stereocenters. The maximum absolute atomic E-state index is 13.8. The maximum Gasteiger partial charge on any atom is 0.248 e. The second-order valence-corrected chi connectivity index (χ2v) is 14.6. The number of alkyl halides is 2. The first kappa shape index (κ1) is 36.5. The van der Waals surface area contributed by atoms with E-state index in [1.54, 1.807) is 0 Å². The summed E-state index contributed by atoms with van der Waals surface area (Å²) in [5.41, 5.74) is 9.59. The summed E-state index contributed by atoms with van der Waals surface area (Å²) < 4.78 is 33.3. The summed E-state index contributed by atoms with van der Waals surface area (Å²) in [6.07, 6.45) is 12.6. The zero-order valence-corrected chi connectivity index (χ0v) is 29.4. The Labute approximate surface area is 296 Å². The highest BCUT2D eigenvalue weighted by Gasteiger charge is 2.38. The number of hydrogen-bond donors (Lipinski definition) is 2. The number of unbranched alkanes of at least 4 members (excludes halogenated alkanes) is 1. The topological polar surface area (TPSA) is 104 Å². The highest BCUT2D eigenvalue weighted by atomic mass is 19.3. The van der Waals surface area contributed by atoms with Crippen LogP contribution in [0.3, 0.4) is 0 Å². The van der Waals surface area contributed by atoms with E-state index in [1.807, 2.05) is 30.6 Å². The fraction of sp³-hybridized carbons (Fsp3) is 0.615. The number of aromatic nitrogens is 2. The Morgan fingerprint density at radius 2 is 1.92 bits per heavy atom. The van der Waals surface area contributed by atoms with E-state index in [9.17, 15) is 13.6 Å². The smallest absolute Gasteiger partial charge is 0.248 e. The summed E-state index contributed by atoms with van der Waals surface area (Å²) in [5, 5.41) is 3.27. The number of carbonyl (C=O) groups excluding carboxylic acids is 1. The number of nitrogens with one attached hydrogen (secondary N) is 1. The lowest BCUT2D eigenvalue weighted by atomic mass is 9.86. The summed E-state index contributed by atoms with van der Waals surface area (Å²) in [7, 11) is 0. The van der Waals surface area contributed by atoms with Gasteiger partial charge in [-0.2, -0.15) is 0 Å². The van der Waals surface area contributed by atoms with Crippen LogP contribution in [0.15, 0.2) is 65.7 Å². The summed E-state index contributed by atoms with van der Waals surface area (Å²) in [6, 6.07) is 14.8. The quantitative estimate of drug-likeness (QED) is 0.173. The molecule has 50 heavy (non-hydrogen) atoms. The first-order chi connectivity index (χ1) is 24.4. The van der Waals surface area contributed by atoms with E-state index >= 15 is 0 Å². The molecule has 3 atom stereocenters. The third-order valence-electron chi connectivity index (χ3n) is 11.1. The van der Waals surface area contributed by atoms with Crippen molar-refractivity contribution in [1.29, 1.82) is 0 Å². The third-order valence-corrected chi connectivity index (χ3v) is 11.1. The molecule has 6 rings (SSSR count). The number of amides is 1. The lowest BCUT2D eigenvalue weighted by Gasteiger charge is -2.43. The van der Waals surface area contributed by atoms with Crippen molar-refractivity contribution in [2.24, 2.45) is 11.7 Å². The number of aryl methyl sites for hydroxylation is 1. The second kappa shape index (κ2) is 17.8. The summed E-state index contributed by atoms with van der Waals surface area (Å²) in [6.45, 7) is 6.97. The van der Waals surface area contributed by atoms with Crippen molar-refractivity contribution in [3.05, 3.63) is 83.8 Å². The first-order valence-electron chi connectivity index (χ1n) is 18.8. The summed E-state index contributed by atoms with van der Waals surface area (Å²) >= 11 is 0. The van der Waals surface area contributed by atoms with Crippen molar-refractivity contribution in [3.63, 3.8) is 0 Å². The van der Waals surface area contributed by atoms with Gasteiger partial charge in [0.2, 0.25) is 11.8 Å². The van der Waals surface area contributed by atoms with Gasteiger partial charge in [-0.1, -0.05) is 36.4 Å². The number of piperazine rings is 1. The fourth-order valence-corrected chi connectivity index (χ4v) is 8.21. The van der Waals surface area contributed by atoms with E-state index in [-0.39, 0.29) is 43.6 Å². The molecule has 3 N–H and O–H groups in total. The minimum absolute atomic E-state index is 0.0994. The number of rotatable bonds is 16. The first-order valence-corrected chi connectivity index (χ1v) is 18.8. The molecule has 3 aliphatic rings. The zero-order chi connectivity index (χ0) is 34.8. The number of halogens is 2. The molecular weight excluding hydrogens is 636 g/mol. The predicted molar refractivity (Wildman–Crippen MR) is 190 cm³/mol. The van der Waals surface area contributed by atoms with Crippen LogP contribution in [-0.4, -0.2) is 88.4 Å². The Morgan fingerprint density at radius 1 is 1.08 bits per heavy atom. The SMILES string of the molecule is NCCCCN(CC[C@H]1CN(CC[C@H](NC(=O)C2CCC(F)(F)CC2)c2ccccc2)CCN1Cc1cnco1)[C@H]1CCCc2cccnc21. The Hall–Kier alpha value is -3.25.